The highest BCUT2D eigenvalue weighted by Crippen LogP contribution is 2.38. The fourth-order valence-corrected chi connectivity index (χ4v) is 2.52. The zero-order valence-corrected chi connectivity index (χ0v) is 7.29. The predicted molar refractivity (Wildman–Crippen MR) is 46.3 cm³/mol. The molecule has 0 amide bonds. The second kappa shape index (κ2) is 2.76. The molecule has 64 valence electrons. The molecular formula is C9H18N2. The molecule has 3 rings (SSSR count). The highest BCUT2D eigenvalue weighted by molar-refractivity contribution is 4.99. The molecule has 2 nitrogen and oxygen atoms in total. The van der Waals surface area contributed by atoms with Gasteiger partial charge in [-0.05, 0) is 31.2 Å². The molecular weight excluding hydrogens is 136 g/mol. The lowest BCUT2D eigenvalue weighted by Crippen LogP contribution is -2.61. The van der Waals surface area contributed by atoms with Crippen LogP contribution in [0, 0.1) is 11.8 Å². The third-order valence-electron chi connectivity index (χ3n) is 3.22. The number of hydrogen-bond acceptors (Lipinski definition) is 2. The first-order valence-corrected chi connectivity index (χ1v) is 4.79. The SMILES string of the molecule is CCCN1C[C@H]2C[C@@H](C1)C2N. The van der Waals surface area contributed by atoms with Crippen molar-refractivity contribution >= 4 is 0 Å². The zero-order chi connectivity index (χ0) is 7.84. The zero-order valence-electron chi connectivity index (χ0n) is 7.29. The second-order valence-corrected chi connectivity index (χ2v) is 4.09. The number of fused-ring (bicyclic) bond motifs is 2. The van der Waals surface area contributed by atoms with E-state index in [9.17, 15) is 0 Å². The number of rotatable bonds is 2. The third kappa shape index (κ3) is 1.18. The molecule has 3 fully saturated rings. The molecule has 0 radical (unpaired) electrons. The summed E-state index contributed by atoms with van der Waals surface area (Å²) in [7, 11) is 0. The van der Waals surface area contributed by atoms with Gasteiger partial charge in [-0.1, -0.05) is 6.92 Å². The summed E-state index contributed by atoms with van der Waals surface area (Å²) >= 11 is 0. The van der Waals surface area contributed by atoms with Crippen LogP contribution in [0.4, 0.5) is 0 Å². The van der Waals surface area contributed by atoms with Gasteiger partial charge in [0.1, 0.15) is 0 Å². The van der Waals surface area contributed by atoms with Crippen molar-refractivity contribution in [3.8, 4) is 0 Å². The minimum Gasteiger partial charge on any atom is -0.327 e. The van der Waals surface area contributed by atoms with Crippen LogP contribution in [0.15, 0.2) is 0 Å². The van der Waals surface area contributed by atoms with Crippen molar-refractivity contribution in [1.29, 1.82) is 0 Å². The Kier molecular flexibility index (Phi) is 1.90. The molecule has 3 aliphatic rings. The van der Waals surface area contributed by atoms with Crippen LogP contribution in [0.2, 0.25) is 0 Å². The normalized spacial score (nSPS) is 43.6. The Bertz CT molecular complexity index is 134. The van der Waals surface area contributed by atoms with Crippen LogP contribution in [-0.4, -0.2) is 30.6 Å². The van der Waals surface area contributed by atoms with Crippen molar-refractivity contribution in [2.24, 2.45) is 17.6 Å². The van der Waals surface area contributed by atoms with Gasteiger partial charge in [0.2, 0.25) is 0 Å². The Morgan fingerprint density at radius 2 is 2.00 bits per heavy atom. The van der Waals surface area contributed by atoms with Crippen molar-refractivity contribution in [1.82, 2.24) is 4.90 Å². The maximum absolute atomic E-state index is 5.96. The summed E-state index contributed by atoms with van der Waals surface area (Å²) in [5.74, 6) is 1.67. The van der Waals surface area contributed by atoms with Gasteiger partial charge >= 0.3 is 0 Å². The van der Waals surface area contributed by atoms with E-state index in [0.29, 0.717) is 6.04 Å². The van der Waals surface area contributed by atoms with Gasteiger partial charge in [-0.25, -0.2) is 0 Å². The Labute approximate surface area is 68.7 Å². The van der Waals surface area contributed by atoms with Crippen LogP contribution in [0.3, 0.4) is 0 Å². The van der Waals surface area contributed by atoms with E-state index in [0.717, 1.165) is 11.8 Å². The topological polar surface area (TPSA) is 29.3 Å². The fourth-order valence-electron chi connectivity index (χ4n) is 2.52. The predicted octanol–water partition coefficient (Wildman–Crippen LogP) is 0.675. The quantitative estimate of drug-likeness (QED) is 0.633. The lowest BCUT2D eigenvalue weighted by molar-refractivity contribution is 0.00309. The van der Waals surface area contributed by atoms with Gasteiger partial charge < -0.3 is 10.6 Å². The van der Waals surface area contributed by atoms with Crippen LogP contribution < -0.4 is 5.73 Å². The summed E-state index contributed by atoms with van der Waals surface area (Å²) < 4.78 is 0. The summed E-state index contributed by atoms with van der Waals surface area (Å²) in [4.78, 5) is 2.57. The molecule has 1 unspecified atom stereocenters. The lowest BCUT2D eigenvalue weighted by Gasteiger charge is -2.52. The largest absolute Gasteiger partial charge is 0.327 e. The molecule has 0 spiro atoms. The van der Waals surface area contributed by atoms with Gasteiger partial charge in [0.15, 0.2) is 0 Å². The summed E-state index contributed by atoms with van der Waals surface area (Å²) in [5.41, 5.74) is 5.96. The molecule has 0 aromatic heterocycles. The minimum absolute atomic E-state index is 0.545. The molecule has 11 heavy (non-hydrogen) atoms. The van der Waals surface area contributed by atoms with E-state index in [-0.39, 0.29) is 0 Å². The number of hydrogen-bond donors (Lipinski definition) is 1. The summed E-state index contributed by atoms with van der Waals surface area (Å²) in [6, 6.07) is 0.545. The van der Waals surface area contributed by atoms with Gasteiger partial charge in [-0.15, -0.1) is 0 Å². The molecule has 2 heteroatoms. The molecule has 2 bridgehead atoms. The molecule has 2 aliphatic heterocycles. The van der Waals surface area contributed by atoms with Gasteiger partial charge in [0.25, 0.3) is 0 Å². The van der Waals surface area contributed by atoms with Gasteiger partial charge in [0.05, 0.1) is 0 Å². The van der Waals surface area contributed by atoms with Crippen LogP contribution in [-0.2, 0) is 0 Å². The third-order valence-corrected chi connectivity index (χ3v) is 3.22. The van der Waals surface area contributed by atoms with Crippen molar-refractivity contribution in [3.63, 3.8) is 0 Å². The lowest BCUT2D eigenvalue weighted by atomic mass is 9.67. The Hall–Kier alpha value is -0.0800. The number of piperidine rings is 2. The first kappa shape index (κ1) is 7.56. The molecule has 1 saturated carbocycles. The van der Waals surface area contributed by atoms with Crippen molar-refractivity contribution in [2.45, 2.75) is 25.8 Å². The van der Waals surface area contributed by atoms with E-state index in [2.05, 4.69) is 11.8 Å². The second-order valence-electron chi connectivity index (χ2n) is 4.09. The summed E-state index contributed by atoms with van der Waals surface area (Å²) in [6.07, 6.45) is 2.69. The Balaban J connectivity index is 1.84. The standard InChI is InChI=1S/C9H18N2/c1-2-3-11-5-7-4-8(6-11)9(7)10/h7-9H,2-6,10H2,1H3/t7-,8+,9?. The maximum Gasteiger partial charge on any atom is 0.0120 e. The van der Waals surface area contributed by atoms with Crippen LogP contribution in [0.25, 0.3) is 0 Å². The highest BCUT2D eigenvalue weighted by Gasteiger charge is 2.43. The van der Waals surface area contributed by atoms with E-state index >= 15 is 0 Å². The van der Waals surface area contributed by atoms with Crippen molar-refractivity contribution in [3.05, 3.63) is 0 Å². The van der Waals surface area contributed by atoms with Crippen molar-refractivity contribution < 1.29 is 0 Å². The van der Waals surface area contributed by atoms with Gasteiger partial charge in [-0.2, -0.15) is 0 Å². The summed E-state index contributed by atoms with van der Waals surface area (Å²) in [6.45, 7) is 6.07. The van der Waals surface area contributed by atoms with Gasteiger partial charge in [0, 0.05) is 19.1 Å². The smallest absolute Gasteiger partial charge is 0.0120 e. The Morgan fingerprint density at radius 3 is 2.45 bits per heavy atom. The summed E-state index contributed by atoms with van der Waals surface area (Å²) in [5, 5.41) is 0. The van der Waals surface area contributed by atoms with Crippen LogP contribution in [0.5, 0.6) is 0 Å². The highest BCUT2D eigenvalue weighted by atomic mass is 15.2. The van der Waals surface area contributed by atoms with Crippen LogP contribution in [0.1, 0.15) is 19.8 Å². The monoisotopic (exact) mass is 154 g/mol. The van der Waals surface area contributed by atoms with Crippen molar-refractivity contribution in [2.75, 3.05) is 19.6 Å². The molecule has 2 N–H and O–H groups in total. The van der Waals surface area contributed by atoms with E-state index in [1.54, 1.807) is 0 Å². The first-order chi connectivity index (χ1) is 5.31. The Morgan fingerprint density at radius 1 is 1.36 bits per heavy atom. The number of nitrogens with zero attached hydrogens (tertiary/aromatic N) is 1. The first-order valence-electron chi connectivity index (χ1n) is 4.79. The molecule has 0 aromatic rings. The van der Waals surface area contributed by atoms with Gasteiger partial charge in [-0.3, -0.25) is 0 Å². The average molecular weight is 154 g/mol. The minimum atomic E-state index is 0.545. The molecule has 1 aliphatic carbocycles. The van der Waals surface area contributed by atoms with E-state index < -0.39 is 0 Å². The molecule has 2 saturated heterocycles. The molecule has 0 aromatic carbocycles. The van der Waals surface area contributed by atoms with E-state index in [1.165, 1.54) is 32.5 Å². The molecule has 3 atom stereocenters. The maximum atomic E-state index is 5.96. The average Bonchev–Trinajstić information content (AvgIpc) is 2.05. The number of nitrogens with two attached hydrogens (primary N) is 1. The van der Waals surface area contributed by atoms with Crippen LogP contribution >= 0.6 is 0 Å². The van der Waals surface area contributed by atoms with E-state index in [1.807, 2.05) is 0 Å². The fraction of sp³-hybridized carbons (Fsp3) is 1.00. The van der Waals surface area contributed by atoms with E-state index in [4.69, 9.17) is 5.73 Å². The molecule has 2 heterocycles.